The normalized spacial score (nSPS) is 10.9. The fourth-order valence-corrected chi connectivity index (χ4v) is 4.61. The number of benzene rings is 2. The van der Waals surface area contributed by atoms with Crippen molar-refractivity contribution in [2.75, 3.05) is 5.32 Å². The maximum Gasteiger partial charge on any atom is 0.267 e. The van der Waals surface area contributed by atoms with Gasteiger partial charge in [0.25, 0.3) is 5.91 Å². The minimum atomic E-state index is -0.143. The minimum Gasteiger partial charge on any atom is -0.321 e. The molecule has 1 amide bonds. The van der Waals surface area contributed by atoms with Crippen LogP contribution in [0.25, 0.3) is 10.6 Å². The highest BCUT2D eigenvalue weighted by Gasteiger charge is 2.16. The summed E-state index contributed by atoms with van der Waals surface area (Å²) in [7, 11) is 1.90. The Morgan fingerprint density at radius 1 is 1.13 bits per heavy atom. The summed E-state index contributed by atoms with van der Waals surface area (Å²) in [6, 6.07) is 16.0. The lowest BCUT2D eigenvalue weighted by atomic mass is 10.1. The highest BCUT2D eigenvalue weighted by molar-refractivity contribution is 7.99. The molecule has 6 nitrogen and oxygen atoms in total. The first kappa shape index (κ1) is 20.3. The van der Waals surface area contributed by atoms with E-state index in [-0.39, 0.29) is 5.91 Å². The van der Waals surface area contributed by atoms with Gasteiger partial charge in [0.15, 0.2) is 5.16 Å². The molecule has 0 atom stereocenters. The van der Waals surface area contributed by atoms with E-state index in [1.165, 1.54) is 28.7 Å². The average molecular weight is 436 g/mol. The Hall–Kier alpha value is -2.97. The third-order valence-corrected chi connectivity index (χ3v) is 6.87. The zero-order valence-electron chi connectivity index (χ0n) is 16.9. The fourth-order valence-electron chi connectivity index (χ4n) is 2.88. The number of rotatable bonds is 6. The summed E-state index contributed by atoms with van der Waals surface area (Å²) in [5.41, 5.74) is 3.79. The van der Waals surface area contributed by atoms with Gasteiger partial charge >= 0.3 is 0 Å². The summed E-state index contributed by atoms with van der Waals surface area (Å²) in [5.74, 6) is -0.143. The van der Waals surface area contributed by atoms with Gasteiger partial charge in [0.1, 0.15) is 16.2 Å². The summed E-state index contributed by atoms with van der Waals surface area (Å²) in [6.45, 7) is 4.00. The molecular formula is C22H21N5OS2. The molecule has 2 aromatic carbocycles. The van der Waals surface area contributed by atoms with Crippen molar-refractivity contribution in [2.45, 2.75) is 30.3 Å². The molecule has 152 valence electrons. The van der Waals surface area contributed by atoms with Crippen LogP contribution in [0.2, 0.25) is 0 Å². The van der Waals surface area contributed by atoms with E-state index < -0.39 is 0 Å². The van der Waals surface area contributed by atoms with E-state index in [1.807, 2.05) is 42.8 Å². The van der Waals surface area contributed by atoms with Gasteiger partial charge in [-0.05, 0) is 54.9 Å². The third kappa shape index (κ3) is 4.44. The van der Waals surface area contributed by atoms with Gasteiger partial charge in [0, 0.05) is 23.2 Å². The molecule has 4 rings (SSSR count). The van der Waals surface area contributed by atoms with E-state index >= 15 is 0 Å². The SMILES string of the molecule is CCc1ccc(-c2nc(C)c(C(=O)Nc3ccc(Sc4nncn4C)cc3)s2)cc1. The molecule has 0 unspecified atom stereocenters. The van der Waals surface area contributed by atoms with E-state index in [2.05, 4.69) is 51.7 Å². The maximum absolute atomic E-state index is 12.8. The molecule has 1 N–H and O–H groups in total. The molecule has 0 radical (unpaired) electrons. The van der Waals surface area contributed by atoms with E-state index in [0.717, 1.165) is 38.4 Å². The Kier molecular flexibility index (Phi) is 5.96. The topological polar surface area (TPSA) is 72.7 Å². The predicted octanol–water partition coefficient (Wildman–Crippen LogP) is 5.21. The van der Waals surface area contributed by atoms with Crippen molar-refractivity contribution in [3.8, 4) is 10.6 Å². The predicted molar refractivity (Wildman–Crippen MR) is 121 cm³/mol. The zero-order valence-corrected chi connectivity index (χ0v) is 18.5. The van der Waals surface area contributed by atoms with E-state index in [0.29, 0.717) is 4.88 Å². The maximum atomic E-state index is 12.8. The Morgan fingerprint density at radius 3 is 2.50 bits per heavy atom. The highest BCUT2D eigenvalue weighted by atomic mass is 32.2. The minimum absolute atomic E-state index is 0.143. The highest BCUT2D eigenvalue weighted by Crippen LogP contribution is 2.30. The number of aromatic nitrogens is 4. The van der Waals surface area contributed by atoms with Crippen molar-refractivity contribution in [2.24, 2.45) is 7.05 Å². The second kappa shape index (κ2) is 8.81. The molecule has 0 spiro atoms. The van der Waals surface area contributed by atoms with Gasteiger partial charge in [0.2, 0.25) is 0 Å². The van der Waals surface area contributed by atoms with Gasteiger partial charge in [-0.25, -0.2) is 4.98 Å². The van der Waals surface area contributed by atoms with Gasteiger partial charge in [-0.3, -0.25) is 4.79 Å². The molecule has 0 aliphatic heterocycles. The second-order valence-corrected chi connectivity index (χ2v) is 8.83. The van der Waals surface area contributed by atoms with Crippen molar-refractivity contribution in [3.05, 3.63) is 71.0 Å². The molecule has 0 saturated carbocycles. The molecule has 0 saturated heterocycles. The number of hydrogen-bond donors (Lipinski definition) is 1. The molecule has 0 fully saturated rings. The van der Waals surface area contributed by atoms with Crippen LogP contribution in [0.4, 0.5) is 5.69 Å². The summed E-state index contributed by atoms with van der Waals surface area (Å²) in [6.07, 6.45) is 2.67. The molecular weight excluding hydrogens is 414 g/mol. The van der Waals surface area contributed by atoms with Crippen molar-refractivity contribution < 1.29 is 4.79 Å². The molecule has 2 aromatic heterocycles. The molecule has 0 aliphatic carbocycles. The Balaban J connectivity index is 1.46. The molecule has 8 heteroatoms. The summed E-state index contributed by atoms with van der Waals surface area (Å²) < 4.78 is 1.86. The van der Waals surface area contributed by atoms with Crippen molar-refractivity contribution >= 4 is 34.7 Å². The van der Waals surface area contributed by atoms with Crippen LogP contribution in [0.3, 0.4) is 0 Å². The van der Waals surface area contributed by atoms with Crippen LogP contribution in [-0.4, -0.2) is 25.7 Å². The lowest BCUT2D eigenvalue weighted by molar-refractivity contribution is 0.103. The largest absolute Gasteiger partial charge is 0.321 e. The number of aryl methyl sites for hydroxylation is 3. The quantitative estimate of drug-likeness (QED) is 0.450. The molecule has 0 aliphatic rings. The van der Waals surface area contributed by atoms with Crippen LogP contribution in [0.1, 0.15) is 27.9 Å². The van der Waals surface area contributed by atoms with Gasteiger partial charge in [-0.1, -0.05) is 31.2 Å². The van der Waals surface area contributed by atoms with Crippen LogP contribution in [0.5, 0.6) is 0 Å². The number of hydrogen-bond acceptors (Lipinski definition) is 6. The first-order chi connectivity index (χ1) is 14.5. The summed E-state index contributed by atoms with van der Waals surface area (Å²) in [5, 5.41) is 12.6. The molecule has 30 heavy (non-hydrogen) atoms. The average Bonchev–Trinajstić information content (AvgIpc) is 3.35. The van der Waals surface area contributed by atoms with Crippen LogP contribution < -0.4 is 5.32 Å². The van der Waals surface area contributed by atoms with E-state index in [1.54, 1.807) is 6.33 Å². The number of carbonyl (C=O) groups excluding carboxylic acids is 1. The Morgan fingerprint density at radius 2 is 1.87 bits per heavy atom. The fraction of sp³-hybridized carbons (Fsp3) is 0.182. The third-order valence-electron chi connectivity index (χ3n) is 4.60. The number of anilines is 1. The Bertz CT molecular complexity index is 1160. The first-order valence-electron chi connectivity index (χ1n) is 9.53. The Labute approximate surface area is 183 Å². The van der Waals surface area contributed by atoms with Gasteiger partial charge in [-0.15, -0.1) is 21.5 Å². The van der Waals surface area contributed by atoms with E-state index in [9.17, 15) is 4.79 Å². The standard InChI is InChI=1S/C22H21N5OS2/c1-4-15-5-7-16(8-6-15)21-24-14(2)19(30-21)20(28)25-17-9-11-18(12-10-17)29-22-26-23-13-27(22)3/h5-13H,4H2,1-3H3,(H,25,28). The van der Waals surface area contributed by atoms with Crippen molar-refractivity contribution in [1.29, 1.82) is 0 Å². The lowest BCUT2D eigenvalue weighted by Gasteiger charge is -2.05. The van der Waals surface area contributed by atoms with Crippen LogP contribution in [0.15, 0.2) is 64.9 Å². The first-order valence-corrected chi connectivity index (χ1v) is 11.2. The molecule has 2 heterocycles. The molecule has 4 aromatic rings. The number of amides is 1. The van der Waals surface area contributed by atoms with Gasteiger partial charge in [0.05, 0.1) is 5.69 Å². The van der Waals surface area contributed by atoms with E-state index in [4.69, 9.17) is 0 Å². The van der Waals surface area contributed by atoms with Crippen LogP contribution >= 0.6 is 23.1 Å². The monoisotopic (exact) mass is 435 g/mol. The number of nitrogens with one attached hydrogen (secondary N) is 1. The summed E-state index contributed by atoms with van der Waals surface area (Å²) in [4.78, 5) is 19.1. The van der Waals surface area contributed by atoms with Crippen LogP contribution in [0, 0.1) is 6.92 Å². The number of thiazole rings is 1. The van der Waals surface area contributed by atoms with Crippen LogP contribution in [-0.2, 0) is 13.5 Å². The number of carbonyl (C=O) groups is 1. The summed E-state index contributed by atoms with van der Waals surface area (Å²) >= 11 is 2.94. The van der Waals surface area contributed by atoms with Crippen molar-refractivity contribution in [1.82, 2.24) is 19.7 Å². The lowest BCUT2D eigenvalue weighted by Crippen LogP contribution is -2.11. The van der Waals surface area contributed by atoms with Crippen molar-refractivity contribution in [3.63, 3.8) is 0 Å². The molecule has 0 bridgehead atoms. The van der Waals surface area contributed by atoms with Gasteiger partial charge in [-0.2, -0.15) is 0 Å². The zero-order chi connectivity index (χ0) is 21.1. The second-order valence-electron chi connectivity index (χ2n) is 6.79. The number of nitrogens with zero attached hydrogens (tertiary/aromatic N) is 4. The smallest absolute Gasteiger partial charge is 0.267 e. The van der Waals surface area contributed by atoms with Gasteiger partial charge < -0.3 is 9.88 Å².